The van der Waals surface area contributed by atoms with Gasteiger partial charge in [-0.2, -0.15) is 0 Å². The van der Waals surface area contributed by atoms with E-state index in [4.69, 9.17) is 14.3 Å². The quantitative estimate of drug-likeness (QED) is 0.619. The van der Waals surface area contributed by atoms with Crippen molar-refractivity contribution in [2.24, 2.45) is 0 Å². The third kappa shape index (κ3) is 4.27. The Kier molecular flexibility index (Phi) is 5.32. The van der Waals surface area contributed by atoms with Gasteiger partial charge in [0.15, 0.2) is 11.5 Å². The van der Waals surface area contributed by atoms with Gasteiger partial charge < -0.3 is 9.47 Å². The summed E-state index contributed by atoms with van der Waals surface area (Å²) in [5.74, 6) is 2.05. The first-order chi connectivity index (χ1) is 11.8. The summed E-state index contributed by atoms with van der Waals surface area (Å²) in [7, 11) is 1.57. The van der Waals surface area contributed by atoms with E-state index in [2.05, 4.69) is 5.48 Å². The van der Waals surface area contributed by atoms with Crippen LogP contribution in [-0.2, 0) is 11.4 Å². The van der Waals surface area contributed by atoms with Crippen molar-refractivity contribution in [3.8, 4) is 17.2 Å². The lowest BCUT2D eigenvalue weighted by Crippen LogP contribution is -2.00. The number of nitrogens with one attached hydrogen (secondary N) is 1. The molecule has 0 saturated carbocycles. The number of hydrogen-bond donors (Lipinski definition) is 1. The van der Waals surface area contributed by atoms with Crippen LogP contribution in [-0.4, -0.2) is 7.11 Å². The van der Waals surface area contributed by atoms with E-state index in [1.54, 1.807) is 7.11 Å². The standard InChI is InChI=1S/C20H19NO3/c1-22-21-17-12-13-19(24-18-10-6-3-7-11-18)20(14-17)23-15-16-8-4-2-5-9-16/h2-14,21H,15H2,1H3. The van der Waals surface area contributed by atoms with E-state index >= 15 is 0 Å². The average Bonchev–Trinajstić information content (AvgIpc) is 2.64. The van der Waals surface area contributed by atoms with Gasteiger partial charge in [-0.3, -0.25) is 10.3 Å². The molecule has 122 valence electrons. The van der Waals surface area contributed by atoms with Crippen LogP contribution in [0.4, 0.5) is 5.69 Å². The molecule has 0 bridgehead atoms. The van der Waals surface area contributed by atoms with Crippen LogP contribution in [0.1, 0.15) is 5.56 Å². The minimum absolute atomic E-state index is 0.461. The molecule has 0 fully saturated rings. The highest BCUT2D eigenvalue weighted by Crippen LogP contribution is 2.34. The fourth-order valence-electron chi connectivity index (χ4n) is 2.24. The molecule has 0 unspecified atom stereocenters. The van der Waals surface area contributed by atoms with Crippen molar-refractivity contribution >= 4 is 5.69 Å². The van der Waals surface area contributed by atoms with Gasteiger partial charge in [0.05, 0.1) is 12.8 Å². The molecule has 3 aromatic carbocycles. The maximum atomic E-state index is 5.96. The second kappa shape index (κ2) is 8.04. The van der Waals surface area contributed by atoms with Crippen LogP contribution >= 0.6 is 0 Å². The third-order valence-electron chi connectivity index (χ3n) is 3.37. The lowest BCUT2D eigenvalue weighted by atomic mass is 10.2. The molecule has 0 aliphatic heterocycles. The van der Waals surface area contributed by atoms with Crippen LogP contribution in [0.25, 0.3) is 0 Å². The van der Waals surface area contributed by atoms with Crippen molar-refractivity contribution < 1.29 is 14.3 Å². The molecule has 3 aromatic rings. The third-order valence-corrected chi connectivity index (χ3v) is 3.37. The van der Waals surface area contributed by atoms with Gasteiger partial charge in [-0.25, -0.2) is 0 Å². The number of hydrogen-bond acceptors (Lipinski definition) is 4. The highest BCUT2D eigenvalue weighted by Gasteiger charge is 2.09. The monoisotopic (exact) mass is 321 g/mol. The Bertz CT molecular complexity index is 760. The normalized spacial score (nSPS) is 10.2. The van der Waals surface area contributed by atoms with Crippen molar-refractivity contribution in [1.82, 2.24) is 0 Å². The Labute approximate surface area is 141 Å². The number of anilines is 1. The van der Waals surface area contributed by atoms with Crippen LogP contribution in [0.15, 0.2) is 78.9 Å². The molecule has 1 N–H and O–H groups in total. The largest absolute Gasteiger partial charge is 0.485 e. The van der Waals surface area contributed by atoms with Gasteiger partial charge in [0.2, 0.25) is 0 Å². The number of para-hydroxylation sites is 1. The maximum Gasteiger partial charge on any atom is 0.169 e. The average molecular weight is 321 g/mol. The van der Waals surface area contributed by atoms with Crippen LogP contribution in [0.3, 0.4) is 0 Å². The summed E-state index contributed by atoms with van der Waals surface area (Å²) in [6, 6.07) is 25.2. The molecule has 3 rings (SSSR count). The molecular formula is C20H19NO3. The van der Waals surface area contributed by atoms with E-state index in [1.807, 2.05) is 78.9 Å². The highest BCUT2D eigenvalue weighted by atomic mass is 16.6. The molecule has 0 saturated heterocycles. The first-order valence-corrected chi connectivity index (χ1v) is 7.68. The predicted octanol–water partition coefficient (Wildman–Crippen LogP) is 5.03. The molecule has 0 aliphatic rings. The van der Waals surface area contributed by atoms with Crippen LogP contribution in [0, 0.1) is 0 Å². The minimum atomic E-state index is 0.461. The summed E-state index contributed by atoms with van der Waals surface area (Å²) >= 11 is 0. The smallest absolute Gasteiger partial charge is 0.169 e. The lowest BCUT2D eigenvalue weighted by molar-refractivity contribution is 0.269. The van der Waals surface area contributed by atoms with E-state index in [1.165, 1.54) is 0 Å². The molecule has 0 aromatic heterocycles. The van der Waals surface area contributed by atoms with E-state index in [9.17, 15) is 0 Å². The molecule has 0 aliphatic carbocycles. The molecule has 4 heteroatoms. The van der Waals surface area contributed by atoms with Gasteiger partial charge in [-0.05, 0) is 29.8 Å². The van der Waals surface area contributed by atoms with E-state index < -0.39 is 0 Å². The molecule has 0 amide bonds. The van der Waals surface area contributed by atoms with E-state index in [0.717, 1.165) is 17.0 Å². The van der Waals surface area contributed by atoms with Crippen LogP contribution in [0.2, 0.25) is 0 Å². The van der Waals surface area contributed by atoms with Crippen LogP contribution in [0.5, 0.6) is 17.2 Å². The second-order valence-electron chi connectivity index (χ2n) is 5.16. The van der Waals surface area contributed by atoms with Gasteiger partial charge >= 0.3 is 0 Å². The first kappa shape index (κ1) is 15.9. The Morgan fingerprint density at radius 2 is 1.50 bits per heavy atom. The minimum Gasteiger partial charge on any atom is -0.485 e. The zero-order valence-corrected chi connectivity index (χ0v) is 13.4. The van der Waals surface area contributed by atoms with Crippen molar-refractivity contribution in [2.75, 3.05) is 12.6 Å². The second-order valence-corrected chi connectivity index (χ2v) is 5.16. The SMILES string of the molecule is CONc1ccc(Oc2ccccc2)c(OCc2ccccc2)c1. The Morgan fingerprint density at radius 1 is 0.792 bits per heavy atom. The molecule has 0 radical (unpaired) electrons. The van der Waals surface area contributed by atoms with Gasteiger partial charge in [0.25, 0.3) is 0 Å². The molecule has 0 heterocycles. The summed E-state index contributed by atoms with van der Waals surface area (Å²) in [4.78, 5) is 4.96. The zero-order valence-electron chi connectivity index (χ0n) is 13.4. The number of rotatable bonds is 7. The van der Waals surface area contributed by atoms with Crippen molar-refractivity contribution in [3.63, 3.8) is 0 Å². The molecule has 0 atom stereocenters. The number of ether oxygens (including phenoxy) is 2. The maximum absolute atomic E-state index is 5.96. The fourth-order valence-corrected chi connectivity index (χ4v) is 2.24. The van der Waals surface area contributed by atoms with Gasteiger partial charge in [0, 0.05) is 6.07 Å². The molecule has 0 spiro atoms. The predicted molar refractivity (Wildman–Crippen MR) is 94.4 cm³/mol. The van der Waals surface area contributed by atoms with E-state index in [0.29, 0.717) is 18.1 Å². The number of benzene rings is 3. The topological polar surface area (TPSA) is 39.7 Å². The van der Waals surface area contributed by atoms with Crippen molar-refractivity contribution in [3.05, 3.63) is 84.4 Å². The Hall–Kier alpha value is -2.98. The Morgan fingerprint density at radius 3 is 2.21 bits per heavy atom. The van der Waals surface area contributed by atoms with Crippen LogP contribution < -0.4 is 15.0 Å². The highest BCUT2D eigenvalue weighted by molar-refractivity contribution is 5.54. The first-order valence-electron chi connectivity index (χ1n) is 7.68. The van der Waals surface area contributed by atoms with E-state index in [-0.39, 0.29) is 0 Å². The van der Waals surface area contributed by atoms with Gasteiger partial charge in [0.1, 0.15) is 12.4 Å². The summed E-state index contributed by atoms with van der Waals surface area (Å²) < 4.78 is 11.9. The summed E-state index contributed by atoms with van der Waals surface area (Å²) in [5, 5.41) is 0. The van der Waals surface area contributed by atoms with Crippen molar-refractivity contribution in [1.29, 1.82) is 0 Å². The summed E-state index contributed by atoms with van der Waals surface area (Å²) in [6.45, 7) is 0.461. The fraction of sp³-hybridized carbons (Fsp3) is 0.100. The lowest BCUT2D eigenvalue weighted by Gasteiger charge is -2.14. The zero-order chi connectivity index (χ0) is 16.6. The Balaban J connectivity index is 1.81. The molecular weight excluding hydrogens is 302 g/mol. The summed E-state index contributed by atoms with van der Waals surface area (Å²) in [5.41, 5.74) is 4.69. The van der Waals surface area contributed by atoms with Gasteiger partial charge in [-0.1, -0.05) is 48.5 Å². The van der Waals surface area contributed by atoms with Gasteiger partial charge in [-0.15, -0.1) is 0 Å². The molecule has 4 nitrogen and oxygen atoms in total. The summed E-state index contributed by atoms with van der Waals surface area (Å²) in [6.07, 6.45) is 0. The molecule has 24 heavy (non-hydrogen) atoms. The van der Waals surface area contributed by atoms with Crippen molar-refractivity contribution in [2.45, 2.75) is 6.61 Å².